The summed E-state index contributed by atoms with van der Waals surface area (Å²) in [4.78, 5) is 0. The third-order valence-corrected chi connectivity index (χ3v) is 3.90. The van der Waals surface area contributed by atoms with E-state index < -0.39 is 0 Å². The molecule has 4 nitrogen and oxygen atoms in total. The van der Waals surface area contributed by atoms with E-state index in [2.05, 4.69) is 5.32 Å². The van der Waals surface area contributed by atoms with Crippen LogP contribution in [-0.4, -0.2) is 27.3 Å². The van der Waals surface area contributed by atoms with Crippen LogP contribution in [0.25, 0.3) is 0 Å². The number of anilines is 1. The van der Waals surface area contributed by atoms with Crippen LogP contribution in [0.2, 0.25) is 0 Å². The number of hydrogen-bond donors (Lipinski definition) is 2. The van der Waals surface area contributed by atoms with Gasteiger partial charge in [-0.05, 0) is 36.9 Å². The average molecular weight is 250 g/mol. The van der Waals surface area contributed by atoms with Gasteiger partial charge in [0, 0.05) is 18.3 Å². The minimum absolute atomic E-state index is 0.299. The maximum absolute atomic E-state index is 5.85. The van der Waals surface area contributed by atoms with Crippen LogP contribution in [0.1, 0.15) is 19.3 Å². The Hall–Kier alpha value is -1.42. The first kappa shape index (κ1) is 13.0. The van der Waals surface area contributed by atoms with Crippen molar-refractivity contribution < 1.29 is 9.47 Å². The summed E-state index contributed by atoms with van der Waals surface area (Å²) in [5.41, 5.74) is 7.20. The van der Waals surface area contributed by atoms with Crippen LogP contribution < -0.4 is 20.5 Å². The minimum atomic E-state index is 0.299. The van der Waals surface area contributed by atoms with Gasteiger partial charge in [-0.3, -0.25) is 0 Å². The van der Waals surface area contributed by atoms with Gasteiger partial charge in [0.25, 0.3) is 0 Å². The van der Waals surface area contributed by atoms with Crippen molar-refractivity contribution in [1.82, 2.24) is 0 Å². The van der Waals surface area contributed by atoms with Gasteiger partial charge in [0.2, 0.25) is 0 Å². The van der Waals surface area contributed by atoms with Crippen molar-refractivity contribution in [2.24, 2.45) is 11.1 Å². The molecule has 1 aliphatic rings. The van der Waals surface area contributed by atoms with Crippen LogP contribution in [0.4, 0.5) is 5.69 Å². The summed E-state index contributed by atoms with van der Waals surface area (Å²) in [7, 11) is 3.29. The number of hydrogen-bond acceptors (Lipinski definition) is 4. The summed E-state index contributed by atoms with van der Waals surface area (Å²) in [6.45, 7) is 1.69. The summed E-state index contributed by atoms with van der Waals surface area (Å²) >= 11 is 0. The molecule has 1 fully saturated rings. The zero-order valence-electron chi connectivity index (χ0n) is 11.2. The van der Waals surface area contributed by atoms with Crippen molar-refractivity contribution in [3.05, 3.63) is 18.2 Å². The van der Waals surface area contributed by atoms with Crippen molar-refractivity contribution >= 4 is 5.69 Å². The second-order valence-corrected chi connectivity index (χ2v) is 4.98. The second kappa shape index (κ2) is 5.48. The predicted octanol–water partition coefficient (Wildman–Crippen LogP) is 2.24. The van der Waals surface area contributed by atoms with Crippen molar-refractivity contribution in [3.63, 3.8) is 0 Å². The number of benzene rings is 1. The molecule has 1 aromatic rings. The quantitative estimate of drug-likeness (QED) is 0.813. The van der Waals surface area contributed by atoms with E-state index in [1.165, 1.54) is 19.3 Å². The molecular formula is C14H22N2O2. The largest absolute Gasteiger partial charge is 0.493 e. The molecule has 100 valence electrons. The zero-order chi connectivity index (χ0) is 13.0. The Morgan fingerprint density at radius 2 is 1.94 bits per heavy atom. The molecule has 0 heterocycles. The number of rotatable bonds is 6. The lowest BCUT2D eigenvalue weighted by Gasteiger charge is -2.41. The Kier molecular flexibility index (Phi) is 3.97. The average Bonchev–Trinajstić information content (AvgIpc) is 2.37. The molecule has 0 bridgehead atoms. The highest BCUT2D eigenvalue weighted by Crippen LogP contribution is 2.40. The van der Waals surface area contributed by atoms with E-state index in [1.54, 1.807) is 14.2 Å². The summed E-state index contributed by atoms with van der Waals surface area (Å²) in [6.07, 6.45) is 3.75. The van der Waals surface area contributed by atoms with Crippen LogP contribution >= 0.6 is 0 Å². The van der Waals surface area contributed by atoms with Gasteiger partial charge in [0.05, 0.1) is 14.2 Å². The highest BCUT2D eigenvalue weighted by molar-refractivity contribution is 5.54. The van der Waals surface area contributed by atoms with Gasteiger partial charge in [-0.25, -0.2) is 0 Å². The van der Waals surface area contributed by atoms with Gasteiger partial charge in [-0.2, -0.15) is 0 Å². The van der Waals surface area contributed by atoms with Crippen molar-refractivity contribution in [3.8, 4) is 11.5 Å². The minimum Gasteiger partial charge on any atom is -0.493 e. The van der Waals surface area contributed by atoms with Gasteiger partial charge in [-0.15, -0.1) is 0 Å². The monoisotopic (exact) mass is 250 g/mol. The number of methoxy groups -OCH3 is 2. The maximum atomic E-state index is 5.85. The van der Waals surface area contributed by atoms with Gasteiger partial charge >= 0.3 is 0 Å². The van der Waals surface area contributed by atoms with Crippen LogP contribution in [0.15, 0.2) is 18.2 Å². The molecule has 4 heteroatoms. The standard InChI is InChI=1S/C14H22N2O2/c1-17-12-5-4-11(8-13(12)18-2)16-10-14(9-15)6-3-7-14/h4-5,8,16H,3,6-7,9-10,15H2,1-2H3. The third-order valence-electron chi connectivity index (χ3n) is 3.90. The molecule has 0 saturated heterocycles. The SMILES string of the molecule is COc1ccc(NCC2(CN)CCC2)cc1OC. The van der Waals surface area contributed by atoms with E-state index in [9.17, 15) is 0 Å². The Morgan fingerprint density at radius 3 is 2.44 bits per heavy atom. The van der Waals surface area contributed by atoms with E-state index >= 15 is 0 Å². The fourth-order valence-electron chi connectivity index (χ4n) is 2.37. The Labute approximate surface area is 108 Å². The summed E-state index contributed by atoms with van der Waals surface area (Å²) in [5, 5.41) is 3.45. The van der Waals surface area contributed by atoms with Gasteiger partial charge in [0.15, 0.2) is 11.5 Å². The first-order valence-electron chi connectivity index (χ1n) is 6.39. The fourth-order valence-corrected chi connectivity index (χ4v) is 2.37. The Bertz CT molecular complexity index is 397. The third kappa shape index (κ3) is 2.53. The smallest absolute Gasteiger partial charge is 0.162 e. The summed E-state index contributed by atoms with van der Waals surface area (Å²) in [6, 6.07) is 5.88. The second-order valence-electron chi connectivity index (χ2n) is 4.98. The lowest BCUT2D eigenvalue weighted by Crippen LogP contribution is -2.42. The van der Waals surface area contributed by atoms with Crippen LogP contribution in [0.3, 0.4) is 0 Å². The van der Waals surface area contributed by atoms with E-state index in [0.29, 0.717) is 5.41 Å². The van der Waals surface area contributed by atoms with Crippen LogP contribution in [0, 0.1) is 5.41 Å². The molecule has 0 unspecified atom stereocenters. The first-order valence-corrected chi connectivity index (χ1v) is 6.39. The molecular weight excluding hydrogens is 228 g/mol. The fraction of sp³-hybridized carbons (Fsp3) is 0.571. The van der Waals surface area contributed by atoms with Gasteiger partial charge < -0.3 is 20.5 Å². The molecule has 18 heavy (non-hydrogen) atoms. The highest BCUT2D eigenvalue weighted by Gasteiger charge is 2.35. The van der Waals surface area contributed by atoms with Gasteiger partial charge in [0.1, 0.15) is 0 Å². The van der Waals surface area contributed by atoms with E-state index in [0.717, 1.165) is 30.3 Å². The van der Waals surface area contributed by atoms with Crippen molar-refractivity contribution in [2.75, 3.05) is 32.6 Å². The highest BCUT2D eigenvalue weighted by atomic mass is 16.5. The molecule has 0 aromatic heterocycles. The molecule has 1 saturated carbocycles. The van der Waals surface area contributed by atoms with Crippen molar-refractivity contribution in [1.29, 1.82) is 0 Å². The van der Waals surface area contributed by atoms with Crippen LogP contribution in [-0.2, 0) is 0 Å². The molecule has 0 radical (unpaired) electrons. The number of nitrogens with two attached hydrogens (primary N) is 1. The van der Waals surface area contributed by atoms with Gasteiger partial charge in [-0.1, -0.05) is 6.42 Å². The molecule has 0 amide bonds. The lowest BCUT2D eigenvalue weighted by atomic mass is 9.69. The lowest BCUT2D eigenvalue weighted by molar-refractivity contribution is 0.163. The number of nitrogens with one attached hydrogen (secondary N) is 1. The molecule has 2 rings (SSSR count). The van der Waals surface area contributed by atoms with Crippen LogP contribution in [0.5, 0.6) is 11.5 Å². The first-order chi connectivity index (χ1) is 8.73. The molecule has 3 N–H and O–H groups in total. The topological polar surface area (TPSA) is 56.5 Å². The zero-order valence-corrected chi connectivity index (χ0v) is 11.2. The maximum Gasteiger partial charge on any atom is 0.162 e. The molecule has 1 aliphatic carbocycles. The Balaban J connectivity index is 2.01. The van der Waals surface area contributed by atoms with Crippen molar-refractivity contribution in [2.45, 2.75) is 19.3 Å². The Morgan fingerprint density at radius 1 is 1.22 bits per heavy atom. The summed E-state index contributed by atoms with van der Waals surface area (Å²) in [5.74, 6) is 1.50. The molecule has 0 atom stereocenters. The molecule has 1 aromatic carbocycles. The summed E-state index contributed by atoms with van der Waals surface area (Å²) < 4.78 is 10.5. The van der Waals surface area contributed by atoms with E-state index in [4.69, 9.17) is 15.2 Å². The molecule has 0 spiro atoms. The van der Waals surface area contributed by atoms with E-state index in [-0.39, 0.29) is 0 Å². The normalized spacial score (nSPS) is 16.8. The van der Waals surface area contributed by atoms with E-state index in [1.807, 2.05) is 18.2 Å². The predicted molar refractivity (Wildman–Crippen MR) is 73.4 cm³/mol. The molecule has 0 aliphatic heterocycles. The number of ether oxygens (including phenoxy) is 2.